The van der Waals surface area contributed by atoms with E-state index >= 15 is 0 Å². The van der Waals surface area contributed by atoms with Gasteiger partial charge in [-0.2, -0.15) is 52.7 Å². The van der Waals surface area contributed by atoms with Gasteiger partial charge in [-0.3, -0.25) is 0 Å². The van der Waals surface area contributed by atoms with Crippen molar-refractivity contribution in [2.75, 3.05) is 0 Å². The second-order valence-electron chi connectivity index (χ2n) is 6.87. The summed E-state index contributed by atoms with van der Waals surface area (Å²) in [5, 5.41) is 0. The fraction of sp³-hybridized carbons (Fsp3) is 1.00. The second kappa shape index (κ2) is 5.57. The molecule has 0 aromatic carbocycles. The van der Waals surface area contributed by atoms with Gasteiger partial charge >= 0.3 is 24.7 Å². The minimum absolute atomic E-state index is 0.434. The highest BCUT2D eigenvalue weighted by atomic mass is 19.4. The Kier molecular flexibility index (Phi) is 4.29. The van der Waals surface area contributed by atoms with Crippen LogP contribution in [0.1, 0.15) is 12.8 Å². The van der Waals surface area contributed by atoms with Crippen LogP contribution < -0.4 is 0 Å². The predicted octanol–water partition coefficient (Wildman–Crippen LogP) is 4.78. The quantitative estimate of drug-likeness (QED) is 0.592. The van der Waals surface area contributed by atoms with Gasteiger partial charge in [-0.1, -0.05) is 0 Å². The second-order valence-corrected chi connectivity index (χ2v) is 6.87. The Balaban J connectivity index is 1.81. The Bertz CT molecular complexity index is 554. The lowest BCUT2D eigenvalue weighted by Crippen LogP contribution is -2.76. The van der Waals surface area contributed by atoms with E-state index in [1.165, 1.54) is 0 Å². The molecule has 0 aromatic heterocycles. The molecular weight excluding hydrogens is 416 g/mol. The predicted molar refractivity (Wildman–Crippen MR) is 60.2 cm³/mol. The molecule has 2 bridgehead atoms. The molecule has 1 aliphatic heterocycles. The van der Waals surface area contributed by atoms with Crippen molar-refractivity contribution in [2.45, 2.75) is 61.5 Å². The molecule has 2 aliphatic carbocycles. The molecule has 3 fully saturated rings. The van der Waals surface area contributed by atoms with E-state index in [-0.39, 0.29) is 0 Å². The molecule has 0 aromatic rings. The maximum Gasteiger partial charge on any atom is 0.426 e. The first-order valence-corrected chi connectivity index (χ1v) is 7.51. The Hall–Kier alpha value is -0.920. The van der Waals surface area contributed by atoms with E-state index in [4.69, 9.17) is 0 Å². The van der Waals surface area contributed by atoms with E-state index in [0.717, 1.165) is 0 Å². The highest BCUT2D eigenvalue weighted by molar-refractivity contribution is 5.21. The fourth-order valence-corrected chi connectivity index (χ4v) is 4.53. The normalized spacial score (nSPS) is 36.1. The van der Waals surface area contributed by atoms with Crippen LogP contribution in [-0.4, -0.2) is 48.6 Å². The van der Waals surface area contributed by atoms with Crippen LogP contribution in [0.5, 0.6) is 0 Å². The number of hydrogen-bond donors (Lipinski definition) is 0. The molecule has 2 nitrogen and oxygen atoms in total. The third kappa shape index (κ3) is 2.88. The summed E-state index contributed by atoms with van der Waals surface area (Å²) in [4.78, 5) is 0. The molecule has 0 N–H and O–H groups in total. The zero-order chi connectivity index (χ0) is 20.8. The number of alkyl halides is 12. The van der Waals surface area contributed by atoms with Crippen LogP contribution >= 0.6 is 0 Å². The first-order chi connectivity index (χ1) is 11.9. The Labute approximate surface area is 142 Å². The largest absolute Gasteiger partial charge is 0.426 e. The van der Waals surface area contributed by atoms with Crippen molar-refractivity contribution in [3.8, 4) is 0 Å². The Morgan fingerprint density at radius 1 is 0.778 bits per heavy atom. The zero-order valence-electron chi connectivity index (χ0n) is 12.7. The van der Waals surface area contributed by atoms with Crippen LogP contribution in [-0.2, 0) is 9.47 Å². The SMILES string of the molecule is FC(F)(F)C(OC1C[C@@H]2C[C@H]1C1OC(C(F)(F)F)(C(F)(F)F)C12)C(F)(F)F. The van der Waals surface area contributed by atoms with Crippen molar-refractivity contribution >= 4 is 0 Å². The monoisotopic (exact) mass is 426 g/mol. The lowest BCUT2D eigenvalue weighted by molar-refractivity contribution is -0.474. The molecule has 3 aliphatic rings. The summed E-state index contributed by atoms with van der Waals surface area (Å²) in [6.45, 7) is 0. The average Bonchev–Trinajstić information content (AvgIpc) is 2.82. The van der Waals surface area contributed by atoms with Gasteiger partial charge in [0.05, 0.1) is 12.2 Å². The summed E-state index contributed by atoms with van der Waals surface area (Å²) in [6.07, 6.45) is -32.3. The van der Waals surface area contributed by atoms with Crippen LogP contribution in [0, 0.1) is 17.8 Å². The van der Waals surface area contributed by atoms with Gasteiger partial charge < -0.3 is 9.47 Å². The third-order valence-corrected chi connectivity index (χ3v) is 5.41. The summed E-state index contributed by atoms with van der Waals surface area (Å²) in [6, 6.07) is 0. The summed E-state index contributed by atoms with van der Waals surface area (Å²) in [7, 11) is 0. The summed E-state index contributed by atoms with van der Waals surface area (Å²) in [5.41, 5.74) is -4.46. The first-order valence-electron chi connectivity index (χ1n) is 7.51. The zero-order valence-corrected chi connectivity index (χ0v) is 12.7. The molecule has 158 valence electrons. The number of halogens is 12. The molecule has 3 rings (SSSR count). The van der Waals surface area contributed by atoms with Crippen LogP contribution in [0.3, 0.4) is 0 Å². The number of hydrogen-bond acceptors (Lipinski definition) is 2. The summed E-state index contributed by atoms with van der Waals surface area (Å²) in [5.74, 6) is -4.94. The van der Waals surface area contributed by atoms with Gasteiger partial charge in [0, 0.05) is 11.8 Å². The van der Waals surface area contributed by atoms with Gasteiger partial charge in [0.1, 0.15) is 0 Å². The topological polar surface area (TPSA) is 18.5 Å². The molecule has 5 atom stereocenters. The number of fused-ring (bicyclic) bond motifs is 5. The molecule has 1 saturated heterocycles. The standard InChI is InChI=1S/C13H10F12O2/c14-10(15,16)8(11(17,18)19)26-5-2-3-1-4(5)7-6(3)9(27-7,12(20,21)22)13(23,24)25/h3-8H,1-2H2/t3-,4+,5?,6?,7?/m0/s1. The van der Waals surface area contributed by atoms with E-state index in [9.17, 15) is 52.7 Å². The molecule has 0 radical (unpaired) electrons. The highest BCUT2D eigenvalue weighted by Crippen LogP contribution is 2.69. The van der Waals surface area contributed by atoms with E-state index in [0.29, 0.717) is 0 Å². The van der Waals surface area contributed by atoms with Gasteiger partial charge in [0.2, 0.25) is 6.10 Å². The smallest absolute Gasteiger partial charge is 0.357 e. The van der Waals surface area contributed by atoms with E-state index in [1.54, 1.807) is 0 Å². The van der Waals surface area contributed by atoms with Gasteiger partial charge in [-0.25, -0.2) is 0 Å². The molecule has 14 heteroatoms. The maximum absolute atomic E-state index is 13.1. The molecular formula is C13H10F12O2. The van der Waals surface area contributed by atoms with Crippen LogP contribution in [0.4, 0.5) is 52.7 Å². The lowest BCUT2D eigenvalue weighted by atomic mass is 9.67. The molecule has 27 heavy (non-hydrogen) atoms. The van der Waals surface area contributed by atoms with Crippen molar-refractivity contribution < 1.29 is 62.2 Å². The fourth-order valence-electron chi connectivity index (χ4n) is 4.53. The van der Waals surface area contributed by atoms with Gasteiger partial charge in [0.25, 0.3) is 5.60 Å². The van der Waals surface area contributed by atoms with Crippen LogP contribution in [0.25, 0.3) is 0 Å². The van der Waals surface area contributed by atoms with Gasteiger partial charge in [0.15, 0.2) is 0 Å². The third-order valence-electron chi connectivity index (χ3n) is 5.41. The molecule has 3 unspecified atom stereocenters. The minimum atomic E-state index is -5.83. The lowest BCUT2D eigenvalue weighted by Gasteiger charge is -2.57. The van der Waals surface area contributed by atoms with Crippen molar-refractivity contribution in [2.24, 2.45) is 17.8 Å². The van der Waals surface area contributed by atoms with Crippen molar-refractivity contribution in [3.63, 3.8) is 0 Å². The van der Waals surface area contributed by atoms with E-state index in [2.05, 4.69) is 9.47 Å². The molecule has 1 heterocycles. The maximum atomic E-state index is 13.1. The van der Waals surface area contributed by atoms with E-state index < -0.39 is 79.2 Å². The van der Waals surface area contributed by atoms with Crippen LogP contribution in [0.2, 0.25) is 0 Å². The van der Waals surface area contributed by atoms with Gasteiger partial charge in [-0.05, 0) is 18.8 Å². The molecule has 2 saturated carbocycles. The molecule has 0 amide bonds. The Morgan fingerprint density at radius 2 is 1.26 bits per heavy atom. The van der Waals surface area contributed by atoms with E-state index in [1.807, 2.05) is 0 Å². The number of rotatable bonds is 2. The minimum Gasteiger partial charge on any atom is -0.357 e. The highest BCUT2D eigenvalue weighted by Gasteiger charge is 2.87. The summed E-state index contributed by atoms with van der Waals surface area (Å²) < 4.78 is 162. The van der Waals surface area contributed by atoms with Crippen molar-refractivity contribution in [1.82, 2.24) is 0 Å². The van der Waals surface area contributed by atoms with Crippen molar-refractivity contribution in [1.29, 1.82) is 0 Å². The molecule has 0 spiro atoms. The first kappa shape index (κ1) is 20.8. The Morgan fingerprint density at radius 3 is 1.63 bits per heavy atom. The van der Waals surface area contributed by atoms with Crippen LogP contribution in [0.15, 0.2) is 0 Å². The van der Waals surface area contributed by atoms with Crippen molar-refractivity contribution in [3.05, 3.63) is 0 Å². The summed E-state index contributed by atoms with van der Waals surface area (Å²) >= 11 is 0. The average molecular weight is 426 g/mol. The van der Waals surface area contributed by atoms with Gasteiger partial charge in [-0.15, -0.1) is 0 Å². The number of ether oxygens (including phenoxy) is 2.